The normalized spacial score (nSPS) is 23.8. The van der Waals surface area contributed by atoms with Crippen LogP contribution in [0.25, 0.3) is 0 Å². The molecule has 1 heterocycles. The monoisotopic (exact) mass is 332 g/mol. The van der Waals surface area contributed by atoms with Crippen molar-refractivity contribution in [2.24, 2.45) is 17.8 Å². The number of rotatable bonds is 6. The van der Waals surface area contributed by atoms with Crippen molar-refractivity contribution < 1.29 is 29.6 Å². The summed E-state index contributed by atoms with van der Waals surface area (Å²) < 4.78 is 5.18. The summed E-state index contributed by atoms with van der Waals surface area (Å²) in [6.07, 6.45) is 0.0471. The van der Waals surface area contributed by atoms with E-state index in [2.05, 4.69) is 20.8 Å². The standard InChI is InChI=1S/C9H16O2.C8H16O4/c1-6(2)8-4-7(3)5-9(10)11-8;1-5(2)7(10)3-6(9)4-8(11)12/h6-8H,4-5H2,1-3H3;5-7,9-10H,3-4H2,1-2H3,(H,11,12)/t7-,8+;6-,7+/m11/s1. The quantitative estimate of drug-likeness (QED) is 0.644. The first-order valence-electron chi connectivity index (χ1n) is 8.30. The van der Waals surface area contributed by atoms with E-state index in [1.807, 2.05) is 13.8 Å². The van der Waals surface area contributed by atoms with E-state index >= 15 is 0 Å². The molecule has 6 heteroatoms. The topological polar surface area (TPSA) is 104 Å². The van der Waals surface area contributed by atoms with Crippen LogP contribution < -0.4 is 0 Å². The van der Waals surface area contributed by atoms with Gasteiger partial charge in [0.25, 0.3) is 0 Å². The molecule has 1 aliphatic heterocycles. The fourth-order valence-electron chi connectivity index (χ4n) is 2.27. The number of carboxylic acid groups (broad SMARTS) is 1. The summed E-state index contributed by atoms with van der Waals surface area (Å²) in [7, 11) is 0. The van der Waals surface area contributed by atoms with Gasteiger partial charge in [-0.1, -0.05) is 34.6 Å². The Labute approximate surface area is 138 Å². The number of carboxylic acids is 1. The third-order valence-electron chi connectivity index (χ3n) is 3.87. The third-order valence-corrected chi connectivity index (χ3v) is 3.87. The molecule has 0 aromatic heterocycles. The van der Waals surface area contributed by atoms with Crippen molar-refractivity contribution in [3.05, 3.63) is 0 Å². The van der Waals surface area contributed by atoms with Crippen LogP contribution in [0.2, 0.25) is 0 Å². The van der Waals surface area contributed by atoms with E-state index in [0.29, 0.717) is 18.3 Å². The van der Waals surface area contributed by atoms with Gasteiger partial charge in [-0.15, -0.1) is 0 Å². The van der Waals surface area contributed by atoms with Crippen LogP contribution in [0.4, 0.5) is 0 Å². The number of aliphatic hydroxyl groups is 2. The molecule has 0 radical (unpaired) electrons. The molecule has 4 atom stereocenters. The van der Waals surface area contributed by atoms with E-state index in [1.54, 1.807) is 0 Å². The molecule has 3 N–H and O–H groups in total. The Balaban J connectivity index is 0.000000422. The molecule has 0 aliphatic carbocycles. The van der Waals surface area contributed by atoms with Crippen molar-refractivity contribution in [2.45, 2.75) is 78.6 Å². The Morgan fingerprint density at radius 2 is 1.83 bits per heavy atom. The Kier molecular flexibility index (Phi) is 10.1. The second-order valence-electron chi connectivity index (χ2n) is 7.12. The fourth-order valence-corrected chi connectivity index (χ4v) is 2.27. The zero-order valence-corrected chi connectivity index (χ0v) is 14.9. The van der Waals surface area contributed by atoms with Gasteiger partial charge in [-0.3, -0.25) is 9.59 Å². The molecule has 136 valence electrons. The highest BCUT2D eigenvalue weighted by molar-refractivity contribution is 5.70. The zero-order valence-electron chi connectivity index (χ0n) is 14.9. The molecular weight excluding hydrogens is 300 g/mol. The van der Waals surface area contributed by atoms with Gasteiger partial charge < -0.3 is 20.1 Å². The minimum atomic E-state index is -1.04. The van der Waals surface area contributed by atoms with E-state index in [-0.39, 0.29) is 30.8 Å². The van der Waals surface area contributed by atoms with Gasteiger partial charge in [0, 0.05) is 12.8 Å². The molecule has 1 fully saturated rings. The van der Waals surface area contributed by atoms with Gasteiger partial charge in [-0.25, -0.2) is 0 Å². The molecule has 1 saturated heterocycles. The van der Waals surface area contributed by atoms with Gasteiger partial charge in [-0.05, 0) is 24.2 Å². The Morgan fingerprint density at radius 3 is 2.22 bits per heavy atom. The summed E-state index contributed by atoms with van der Waals surface area (Å²) in [4.78, 5) is 21.1. The van der Waals surface area contributed by atoms with Crippen LogP contribution in [0.3, 0.4) is 0 Å². The van der Waals surface area contributed by atoms with Gasteiger partial charge in [0.15, 0.2) is 0 Å². The molecule has 0 aromatic rings. The van der Waals surface area contributed by atoms with E-state index in [9.17, 15) is 14.7 Å². The van der Waals surface area contributed by atoms with Gasteiger partial charge >= 0.3 is 11.9 Å². The molecule has 1 rings (SSSR count). The maximum Gasteiger partial charge on any atom is 0.306 e. The van der Waals surface area contributed by atoms with Crippen LogP contribution in [-0.2, 0) is 14.3 Å². The molecule has 0 aromatic carbocycles. The molecular formula is C17H32O6. The Bertz CT molecular complexity index is 366. The van der Waals surface area contributed by atoms with Crippen molar-refractivity contribution in [1.29, 1.82) is 0 Å². The molecule has 0 amide bonds. The number of hydrogen-bond acceptors (Lipinski definition) is 5. The second kappa shape index (κ2) is 10.6. The lowest BCUT2D eigenvalue weighted by Gasteiger charge is -2.29. The van der Waals surface area contributed by atoms with Crippen molar-refractivity contribution in [2.75, 3.05) is 0 Å². The summed E-state index contributed by atoms with van der Waals surface area (Å²) in [5.41, 5.74) is 0. The molecule has 0 spiro atoms. The van der Waals surface area contributed by atoms with Crippen molar-refractivity contribution in [3.63, 3.8) is 0 Å². The number of cyclic esters (lactones) is 1. The summed E-state index contributed by atoms with van der Waals surface area (Å²) in [5.74, 6) is -0.0558. The molecule has 6 nitrogen and oxygen atoms in total. The van der Waals surface area contributed by atoms with Crippen LogP contribution in [0, 0.1) is 17.8 Å². The Hall–Kier alpha value is -1.14. The first-order valence-corrected chi connectivity index (χ1v) is 8.30. The first-order chi connectivity index (χ1) is 10.5. The van der Waals surface area contributed by atoms with Gasteiger partial charge in [0.1, 0.15) is 6.10 Å². The SMILES string of the molecule is CC(C)[C@@H](O)C[C@@H](O)CC(=O)O.CC(C)[C@@H]1C[C@@H](C)CC(=O)O1. The Morgan fingerprint density at radius 1 is 1.26 bits per heavy atom. The molecule has 0 bridgehead atoms. The van der Waals surface area contributed by atoms with Crippen molar-refractivity contribution in [3.8, 4) is 0 Å². The minimum absolute atomic E-state index is 0.0255. The smallest absolute Gasteiger partial charge is 0.306 e. The molecule has 0 saturated carbocycles. The highest BCUT2D eigenvalue weighted by atomic mass is 16.5. The third kappa shape index (κ3) is 10.3. The van der Waals surface area contributed by atoms with Gasteiger partial charge in [0.2, 0.25) is 0 Å². The predicted octanol–water partition coefficient (Wildman–Crippen LogP) is 2.21. The van der Waals surface area contributed by atoms with Gasteiger partial charge in [0.05, 0.1) is 18.6 Å². The van der Waals surface area contributed by atoms with E-state index in [1.165, 1.54) is 0 Å². The van der Waals surface area contributed by atoms with Gasteiger partial charge in [-0.2, -0.15) is 0 Å². The number of esters is 1. The van der Waals surface area contributed by atoms with Crippen LogP contribution >= 0.6 is 0 Å². The second-order valence-corrected chi connectivity index (χ2v) is 7.12. The molecule has 1 aliphatic rings. The van der Waals surface area contributed by atoms with Crippen LogP contribution in [0.15, 0.2) is 0 Å². The zero-order chi connectivity index (χ0) is 18.2. The number of carbonyl (C=O) groups excluding carboxylic acids is 1. The summed E-state index contributed by atoms with van der Waals surface area (Å²) in [6, 6.07) is 0. The van der Waals surface area contributed by atoms with Crippen LogP contribution in [0.5, 0.6) is 0 Å². The average Bonchev–Trinajstić information content (AvgIpc) is 2.36. The first kappa shape index (κ1) is 21.9. The number of aliphatic carboxylic acids is 1. The van der Waals surface area contributed by atoms with Crippen molar-refractivity contribution in [1.82, 2.24) is 0 Å². The highest BCUT2D eigenvalue weighted by Crippen LogP contribution is 2.24. The lowest BCUT2D eigenvalue weighted by Crippen LogP contribution is -2.31. The van der Waals surface area contributed by atoms with E-state index in [0.717, 1.165) is 6.42 Å². The van der Waals surface area contributed by atoms with E-state index in [4.69, 9.17) is 14.9 Å². The fraction of sp³-hybridized carbons (Fsp3) is 0.882. The predicted molar refractivity (Wildman–Crippen MR) is 86.8 cm³/mol. The number of aliphatic hydroxyl groups excluding tert-OH is 2. The van der Waals surface area contributed by atoms with Crippen molar-refractivity contribution >= 4 is 11.9 Å². The average molecular weight is 332 g/mol. The highest BCUT2D eigenvalue weighted by Gasteiger charge is 2.27. The largest absolute Gasteiger partial charge is 0.481 e. The number of carbonyl (C=O) groups is 2. The minimum Gasteiger partial charge on any atom is -0.481 e. The maximum absolute atomic E-state index is 11.0. The molecule has 23 heavy (non-hydrogen) atoms. The van der Waals surface area contributed by atoms with E-state index < -0.39 is 18.2 Å². The lowest BCUT2D eigenvalue weighted by atomic mass is 9.91. The summed E-state index contributed by atoms with van der Waals surface area (Å²) in [6.45, 7) is 9.93. The summed E-state index contributed by atoms with van der Waals surface area (Å²) in [5, 5.41) is 26.6. The maximum atomic E-state index is 11.0. The number of hydrogen-bond donors (Lipinski definition) is 3. The van der Waals surface area contributed by atoms with Crippen LogP contribution in [0.1, 0.15) is 60.3 Å². The lowest BCUT2D eigenvalue weighted by molar-refractivity contribution is -0.159. The molecule has 0 unspecified atom stereocenters. The summed E-state index contributed by atoms with van der Waals surface area (Å²) >= 11 is 0. The van der Waals surface area contributed by atoms with Crippen LogP contribution in [-0.4, -0.2) is 45.6 Å². The number of ether oxygens (including phenoxy) is 1.